The molecule has 116 valence electrons. The molecule has 0 spiro atoms. The Kier molecular flexibility index (Phi) is 4.27. The second-order valence-electron chi connectivity index (χ2n) is 5.72. The van der Waals surface area contributed by atoms with E-state index in [2.05, 4.69) is 33.7 Å². The lowest BCUT2D eigenvalue weighted by atomic mass is 10.1. The highest BCUT2D eigenvalue weighted by Gasteiger charge is 2.24. The molecule has 1 saturated heterocycles. The van der Waals surface area contributed by atoms with E-state index in [4.69, 9.17) is 16.3 Å². The summed E-state index contributed by atoms with van der Waals surface area (Å²) >= 11 is 6.38. The van der Waals surface area contributed by atoms with Crippen LogP contribution in [0.4, 0.5) is 5.95 Å². The normalized spacial score (nSPS) is 21.9. The van der Waals surface area contributed by atoms with Crippen molar-refractivity contribution in [1.82, 2.24) is 15.0 Å². The van der Waals surface area contributed by atoms with Crippen LogP contribution in [-0.4, -0.2) is 40.2 Å². The minimum absolute atomic E-state index is 0.161. The molecule has 1 aliphatic rings. The maximum Gasteiger partial charge on any atom is 0.226 e. The van der Waals surface area contributed by atoms with E-state index in [1.54, 1.807) is 12.4 Å². The van der Waals surface area contributed by atoms with E-state index in [1.165, 1.54) is 0 Å². The highest BCUT2D eigenvalue weighted by molar-refractivity contribution is 6.32. The molecule has 22 heavy (non-hydrogen) atoms. The second-order valence-corrected chi connectivity index (χ2v) is 6.08. The molecule has 0 aliphatic carbocycles. The van der Waals surface area contributed by atoms with Crippen LogP contribution in [0.25, 0.3) is 11.1 Å². The minimum Gasteiger partial charge on any atom is -0.372 e. The molecule has 0 radical (unpaired) electrons. The number of anilines is 1. The topological polar surface area (TPSA) is 51.1 Å². The van der Waals surface area contributed by atoms with E-state index in [0.29, 0.717) is 11.1 Å². The van der Waals surface area contributed by atoms with Gasteiger partial charge < -0.3 is 9.64 Å². The van der Waals surface area contributed by atoms with Crippen molar-refractivity contribution in [1.29, 1.82) is 0 Å². The minimum atomic E-state index is 0.161. The molecule has 2 atom stereocenters. The first kappa shape index (κ1) is 15.2. The van der Waals surface area contributed by atoms with Crippen LogP contribution in [0.1, 0.15) is 19.5 Å². The third-order valence-electron chi connectivity index (χ3n) is 3.64. The van der Waals surface area contributed by atoms with Gasteiger partial charge in [-0.15, -0.1) is 0 Å². The van der Waals surface area contributed by atoms with Crippen LogP contribution >= 0.6 is 11.6 Å². The largest absolute Gasteiger partial charge is 0.372 e. The number of morpholine rings is 1. The van der Waals surface area contributed by atoms with Crippen molar-refractivity contribution < 1.29 is 4.74 Å². The van der Waals surface area contributed by atoms with Crippen LogP contribution in [0.5, 0.6) is 0 Å². The summed E-state index contributed by atoms with van der Waals surface area (Å²) in [5.74, 6) is 0.654. The molecule has 0 amide bonds. The van der Waals surface area contributed by atoms with Crippen molar-refractivity contribution in [2.24, 2.45) is 0 Å². The van der Waals surface area contributed by atoms with Gasteiger partial charge in [-0.05, 0) is 38.5 Å². The highest BCUT2D eigenvalue weighted by Crippen LogP contribution is 2.28. The second kappa shape index (κ2) is 6.18. The van der Waals surface area contributed by atoms with Crippen LogP contribution < -0.4 is 4.90 Å². The van der Waals surface area contributed by atoms with Gasteiger partial charge in [0.2, 0.25) is 5.95 Å². The SMILES string of the molecule is Cc1cc(-c2cnc(N3CC(C)OC(C)C3)nc2Cl)ccn1. The molecular weight excluding hydrogens is 300 g/mol. The number of ether oxygens (including phenoxy) is 1. The summed E-state index contributed by atoms with van der Waals surface area (Å²) in [7, 11) is 0. The van der Waals surface area contributed by atoms with Gasteiger partial charge in [-0.1, -0.05) is 11.6 Å². The van der Waals surface area contributed by atoms with Crippen LogP contribution in [-0.2, 0) is 4.74 Å². The van der Waals surface area contributed by atoms with Crippen LogP contribution in [0, 0.1) is 6.92 Å². The summed E-state index contributed by atoms with van der Waals surface area (Å²) in [6.45, 7) is 7.60. The van der Waals surface area contributed by atoms with Gasteiger partial charge in [0.1, 0.15) is 5.15 Å². The van der Waals surface area contributed by atoms with Crippen molar-refractivity contribution in [3.05, 3.63) is 35.4 Å². The number of hydrogen-bond acceptors (Lipinski definition) is 5. The number of pyridine rings is 1. The van der Waals surface area contributed by atoms with E-state index in [9.17, 15) is 0 Å². The average molecular weight is 319 g/mol. The standard InChI is InChI=1S/C16H19ClN4O/c1-10-6-13(4-5-18-10)14-7-19-16(20-15(14)17)21-8-11(2)22-12(3)9-21/h4-7,11-12H,8-9H2,1-3H3. The van der Waals surface area contributed by atoms with Gasteiger partial charge >= 0.3 is 0 Å². The molecule has 0 N–H and O–H groups in total. The number of aryl methyl sites for hydroxylation is 1. The molecule has 0 saturated carbocycles. The van der Waals surface area contributed by atoms with Gasteiger partial charge in [0.15, 0.2) is 0 Å². The Morgan fingerprint density at radius 1 is 1.23 bits per heavy atom. The smallest absolute Gasteiger partial charge is 0.226 e. The number of nitrogens with zero attached hydrogens (tertiary/aromatic N) is 4. The summed E-state index contributed by atoms with van der Waals surface area (Å²) in [5.41, 5.74) is 2.74. The molecule has 0 bridgehead atoms. The molecule has 2 aromatic rings. The zero-order chi connectivity index (χ0) is 15.7. The zero-order valence-corrected chi connectivity index (χ0v) is 13.7. The molecule has 3 rings (SSSR count). The van der Waals surface area contributed by atoms with Gasteiger partial charge in [-0.2, -0.15) is 0 Å². The molecular formula is C16H19ClN4O. The van der Waals surface area contributed by atoms with Crippen molar-refractivity contribution >= 4 is 17.5 Å². The van der Waals surface area contributed by atoms with Crippen molar-refractivity contribution in [2.75, 3.05) is 18.0 Å². The Morgan fingerprint density at radius 2 is 1.95 bits per heavy atom. The van der Waals surface area contributed by atoms with E-state index in [1.807, 2.05) is 19.1 Å². The summed E-state index contributed by atoms with van der Waals surface area (Å²) < 4.78 is 5.74. The molecule has 6 heteroatoms. The summed E-state index contributed by atoms with van der Waals surface area (Å²) in [5, 5.41) is 0.461. The molecule has 1 fully saturated rings. The fourth-order valence-corrected chi connectivity index (χ4v) is 2.99. The third kappa shape index (κ3) is 3.20. The molecule has 5 nitrogen and oxygen atoms in total. The van der Waals surface area contributed by atoms with Crippen molar-refractivity contribution in [3.63, 3.8) is 0 Å². The predicted octanol–water partition coefficient (Wildman–Crippen LogP) is 3.11. The Bertz CT molecular complexity index is 669. The van der Waals surface area contributed by atoms with E-state index in [-0.39, 0.29) is 12.2 Å². The monoisotopic (exact) mass is 318 g/mol. The Labute approximate surface area is 135 Å². The zero-order valence-electron chi connectivity index (χ0n) is 13.0. The molecule has 3 heterocycles. The fourth-order valence-electron chi connectivity index (χ4n) is 2.75. The molecule has 2 aromatic heterocycles. The lowest BCUT2D eigenvalue weighted by Crippen LogP contribution is -2.46. The lowest BCUT2D eigenvalue weighted by Gasteiger charge is -2.35. The van der Waals surface area contributed by atoms with Crippen molar-refractivity contribution in [2.45, 2.75) is 33.0 Å². The maximum absolute atomic E-state index is 6.38. The Morgan fingerprint density at radius 3 is 2.59 bits per heavy atom. The lowest BCUT2D eigenvalue weighted by molar-refractivity contribution is -0.00571. The van der Waals surface area contributed by atoms with E-state index in [0.717, 1.165) is 29.9 Å². The van der Waals surface area contributed by atoms with Crippen LogP contribution in [0.3, 0.4) is 0 Å². The number of halogens is 1. The van der Waals surface area contributed by atoms with Gasteiger partial charge in [-0.25, -0.2) is 9.97 Å². The van der Waals surface area contributed by atoms with E-state index >= 15 is 0 Å². The number of hydrogen-bond donors (Lipinski definition) is 0. The van der Waals surface area contributed by atoms with E-state index < -0.39 is 0 Å². The van der Waals surface area contributed by atoms with Gasteiger partial charge in [0, 0.05) is 36.7 Å². The van der Waals surface area contributed by atoms with Gasteiger partial charge in [-0.3, -0.25) is 4.98 Å². The number of aromatic nitrogens is 3. The van der Waals surface area contributed by atoms with Crippen molar-refractivity contribution in [3.8, 4) is 11.1 Å². The highest BCUT2D eigenvalue weighted by atomic mass is 35.5. The molecule has 0 aromatic carbocycles. The summed E-state index contributed by atoms with van der Waals surface area (Å²) in [6, 6.07) is 3.89. The van der Waals surface area contributed by atoms with Crippen LogP contribution in [0.15, 0.2) is 24.5 Å². The Balaban J connectivity index is 1.89. The first-order chi connectivity index (χ1) is 10.5. The van der Waals surface area contributed by atoms with Gasteiger partial charge in [0.25, 0.3) is 0 Å². The first-order valence-electron chi connectivity index (χ1n) is 7.39. The molecule has 1 aliphatic heterocycles. The predicted molar refractivity (Wildman–Crippen MR) is 87.2 cm³/mol. The summed E-state index contributed by atoms with van der Waals surface area (Å²) in [4.78, 5) is 15.3. The van der Waals surface area contributed by atoms with Gasteiger partial charge in [0.05, 0.1) is 12.2 Å². The quantitative estimate of drug-likeness (QED) is 0.796. The first-order valence-corrected chi connectivity index (χ1v) is 7.76. The summed E-state index contributed by atoms with van der Waals surface area (Å²) in [6.07, 6.45) is 3.87. The Hall–Kier alpha value is -1.72. The third-order valence-corrected chi connectivity index (χ3v) is 3.93. The fraction of sp³-hybridized carbons (Fsp3) is 0.438. The average Bonchev–Trinajstić information content (AvgIpc) is 2.46. The van der Waals surface area contributed by atoms with Crippen LogP contribution in [0.2, 0.25) is 5.15 Å². The number of rotatable bonds is 2. The maximum atomic E-state index is 6.38. The molecule has 2 unspecified atom stereocenters.